The van der Waals surface area contributed by atoms with Gasteiger partial charge in [0.05, 0.1) is 26.5 Å². The zero-order valence-electron chi connectivity index (χ0n) is 17.7. The molecule has 0 aliphatic carbocycles. The molecule has 2 aromatic carbocycles. The predicted molar refractivity (Wildman–Crippen MR) is 123 cm³/mol. The molecule has 0 aliphatic heterocycles. The van der Waals surface area contributed by atoms with Crippen LogP contribution in [0.5, 0.6) is 5.75 Å². The van der Waals surface area contributed by atoms with E-state index in [1.54, 1.807) is 34.3 Å². The van der Waals surface area contributed by atoms with Gasteiger partial charge in [0.2, 0.25) is 0 Å². The molecule has 0 spiro atoms. The molecule has 2 aromatic heterocycles. The first kappa shape index (κ1) is 21.0. The molecule has 8 heteroatoms. The minimum Gasteiger partial charge on any atom is -0.496 e. The zero-order valence-corrected chi connectivity index (χ0v) is 18.6. The first-order valence-corrected chi connectivity index (χ1v) is 11.2. The summed E-state index contributed by atoms with van der Waals surface area (Å²) in [5.74, 6) is 0.724. The van der Waals surface area contributed by atoms with Crippen LogP contribution in [0.1, 0.15) is 18.1 Å². The lowest BCUT2D eigenvalue weighted by molar-refractivity contribution is 0.404. The van der Waals surface area contributed by atoms with Gasteiger partial charge in [-0.15, -0.1) is 11.8 Å². The van der Waals surface area contributed by atoms with Crippen LogP contribution in [0.25, 0.3) is 11.2 Å². The highest BCUT2D eigenvalue weighted by Crippen LogP contribution is 2.28. The lowest BCUT2D eigenvalue weighted by atomic mass is 10.2. The lowest BCUT2D eigenvalue weighted by Crippen LogP contribution is -2.41. The number of ether oxygens (including phenoxy) is 1. The van der Waals surface area contributed by atoms with Crippen LogP contribution in [-0.4, -0.2) is 32.1 Å². The van der Waals surface area contributed by atoms with Crippen molar-refractivity contribution in [2.24, 2.45) is 0 Å². The smallest absolute Gasteiger partial charge is 0.333 e. The van der Waals surface area contributed by atoms with Crippen LogP contribution in [-0.2, 0) is 19.6 Å². The zero-order chi connectivity index (χ0) is 22.0. The van der Waals surface area contributed by atoms with E-state index in [1.807, 2.05) is 61.7 Å². The van der Waals surface area contributed by atoms with E-state index in [-0.39, 0.29) is 17.8 Å². The van der Waals surface area contributed by atoms with Crippen molar-refractivity contribution < 1.29 is 4.74 Å². The fraction of sp³-hybridized carbons (Fsp3) is 0.261. The Morgan fingerprint density at radius 3 is 2.42 bits per heavy atom. The Bertz CT molecular complexity index is 1340. The van der Waals surface area contributed by atoms with Gasteiger partial charge in [-0.1, -0.05) is 36.4 Å². The van der Waals surface area contributed by atoms with E-state index in [4.69, 9.17) is 4.74 Å². The third-order valence-corrected chi connectivity index (χ3v) is 6.07. The maximum absolute atomic E-state index is 13.4. The van der Waals surface area contributed by atoms with Gasteiger partial charge in [-0.3, -0.25) is 13.9 Å². The average Bonchev–Trinajstić information content (AvgIpc) is 3.24. The number of fused-ring (bicyclic) bond motifs is 1. The Kier molecular flexibility index (Phi) is 5.99. The van der Waals surface area contributed by atoms with Crippen LogP contribution in [0.15, 0.2) is 69.3 Å². The van der Waals surface area contributed by atoms with E-state index in [2.05, 4.69) is 4.98 Å². The molecule has 4 rings (SSSR count). The molecule has 7 nitrogen and oxygen atoms in total. The summed E-state index contributed by atoms with van der Waals surface area (Å²) in [6.07, 6.45) is 3.59. The molecule has 0 radical (unpaired) electrons. The second kappa shape index (κ2) is 8.85. The molecule has 0 saturated carbocycles. The highest BCUT2D eigenvalue weighted by atomic mass is 32.2. The Balaban J connectivity index is 1.89. The summed E-state index contributed by atoms with van der Waals surface area (Å²) < 4.78 is 10.1. The number of nitrogens with zero attached hydrogens (tertiary/aromatic N) is 4. The van der Waals surface area contributed by atoms with E-state index in [9.17, 15) is 9.59 Å². The number of aromatic nitrogens is 4. The second-order valence-electron chi connectivity index (χ2n) is 7.14. The molecule has 0 aliphatic rings. The normalized spacial score (nSPS) is 11.2. The van der Waals surface area contributed by atoms with Gasteiger partial charge in [0.15, 0.2) is 11.2 Å². The van der Waals surface area contributed by atoms with Crippen molar-refractivity contribution in [3.05, 3.63) is 86.8 Å². The molecule has 31 heavy (non-hydrogen) atoms. The van der Waals surface area contributed by atoms with Gasteiger partial charge in [0, 0.05) is 11.4 Å². The summed E-state index contributed by atoms with van der Waals surface area (Å²) in [4.78, 5) is 32.2. The van der Waals surface area contributed by atoms with E-state index < -0.39 is 0 Å². The Hall–Kier alpha value is -3.26. The number of thioether (sulfide) groups is 1. The average molecular weight is 437 g/mol. The predicted octanol–water partition coefficient (Wildman–Crippen LogP) is 3.21. The summed E-state index contributed by atoms with van der Waals surface area (Å²) in [6.45, 7) is 3.03. The first-order valence-electron chi connectivity index (χ1n) is 10.0. The molecule has 4 aromatic rings. The van der Waals surface area contributed by atoms with Crippen LogP contribution in [0.4, 0.5) is 0 Å². The fourth-order valence-electron chi connectivity index (χ4n) is 3.69. The van der Waals surface area contributed by atoms with Crippen LogP contribution in [0.2, 0.25) is 0 Å². The highest BCUT2D eigenvalue weighted by molar-refractivity contribution is 7.98. The van der Waals surface area contributed by atoms with Crippen LogP contribution < -0.4 is 16.0 Å². The molecule has 0 amide bonds. The number of aryl methyl sites for hydroxylation is 1. The number of rotatable bonds is 7. The molecule has 0 fully saturated rings. The molecule has 0 bridgehead atoms. The van der Waals surface area contributed by atoms with Gasteiger partial charge in [-0.25, -0.2) is 9.78 Å². The molecule has 0 saturated heterocycles. The second-order valence-corrected chi connectivity index (χ2v) is 7.99. The number of benzene rings is 2. The van der Waals surface area contributed by atoms with E-state index in [0.29, 0.717) is 24.3 Å². The van der Waals surface area contributed by atoms with Crippen molar-refractivity contribution in [1.29, 1.82) is 0 Å². The largest absolute Gasteiger partial charge is 0.496 e. The number of hydrogen-bond acceptors (Lipinski definition) is 5. The van der Waals surface area contributed by atoms with Crippen LogP contribution in [0.3, 0.4) is 0 Å². The van der Waals surface area contributed by atoms with Gasteiger partial charge >= 0.3 is 5.69 Å². The third-order valence-electron chi connectivity index (χ3n) is 5.30. The third kappa shape index (κ3) is 3.90. The maximum atomic E-state index is 13.4. The monoisotopic (exact) mass is 436 g/mol. The molecule has 0 N–H and O–H groups in total. The summed E-state index contributed by atoms with van der Waals surface area (Å²) in [6, 6.07) is 15.4. The molecule has 2 heterocycles. The van der Waals surface area contributed by atoms with E-state index in [0.717, 1.165) is 21.8 Å². The number of hydrogen-bond donors (Lipinski definition) is 0. The summed E-state index contributed by atoms with van der Waals surface area (Å²) in [5.41, 5.74) is 1.92. The maximum Gasteiger partial charge on any atom is 0.333 e. The van der Waals surface area contributed by atoms with Crippen molar-refractivity contribution in [2.45, 2.75) is 31.5 Å². The molecule has 160 valence electrons. The minimum atomic E-state index is -0.379. The molecular formula is C23H24N4O3S. The van der Waals surface area contributed by atoms with Crippen molar-refractivity contribution in [3.63, 3.8) is 0 Å². The van der Waals surface area contributed by atoms with Gasteiger partial charge in [0.25, 0.3) is 5.56 Å². The first-order chi connectivity index (χ1) is 15.1. The standard InChI is InChI=1S/C23H24N4O3S/c1-4-25-15-24-21-20(25)22(28)27(14-17-10-11-19(31-3)18(12-17)30-2)23(29)26(21)13-16-8-6-5-7-9-16/h5-12,15H,4,13-14H2,1-3H3. The number of imidazole rings is 1. The Labute approximate surface area is 183 Å². The van der Waals surface area contributed by atoms with Crippen molar-refractivity contribution >= 4 is 22.9 Å². The summed E-state index contributed by atoms with van der Waals surface area (Å²) in [7, 11) is 1.61. The van der Waals surface area contributed by atoms with Crippen molar-refractivity contribution in [3.8, 4) is 5.75 Å². The van der Waals surface area contributed by atoms with Crippen molar-refractivity contribution in [1.82, 2.24) is 18.7 Å². The van der Waals surface area contributed by atoms with Crippen molar-refractivity contribution in [2.75, 3.05) is 13.4 Å². The van der Waals surface area contributed by atoms with Crippen LogP contribution >= 0.6 is 11.8 Å². The Morgan fingerprint density at radius 2 is 1.74 bits per heavy atom. The Morgan fingerprint density at radius 1 is 1.00 bits per heavy atom. The van der Waals surface area contributed by atoms with E-state index in [1.165, 1.54) is 4.57 Å². The summed E-state index contributed by atoms with van der Waals surface area (Å²) >= 11 is 1.58. The lowest BCUT2D eigenvalue weighted by Gasteiger charge is -2.14. The summed E-state index contributed by atoms with van der Waals surface area (Å²) in [5, 5.41) is 0. The van der Waals surface area contributed by atoms with Gasteiger partial charge < -0.3 is 9.30 Å². The fourth-order valence-corrected chi connectivity index (χ4v) is 4.24. The van der Waals surface area contributed by atoms with Gasteiger partial charge in [-0.05, 0) is 36.4 Å². The van der Waals surface area contributed by atoms with E-state index >= 15 is 0 Å². The molecule has 0 unspecified atom stereocenters. The van der Waals surface area contributed by atoms with Gasteiger partial charge in [0.1, 0.15) is 5.75 Å². The highest BCUT2D eigenvalue weighted by Gasteiger charge is 2.18. The number of methoxy groups -OCH3 is 1. The SMILES string of the molecule is CCn1cnc2c1c(=O)n(Cc1ccc(SC)c(OC)c1)c(=O)n2Cc1ccccc1. The van der Waals surface area contributed by atoms with Crippen LogP contribution in [0, 0.1) is 0 Å². The topological polar surface area (TPSA) is 71.1 Å². The molecule has 0 atom stereocenters. The van der Waals surface area contributed by atoms with Gasteiger partial charge in [-0.2, -0.15) is 0 Å². The molecular weight excluding hydrogens is 412 g/mol. The quantitative estimate of drug-likeness (QED) is 0.416. The minimum absolute atomic E-state index is 0.155.